The topological polar surface area (TPSA) is 153 Å². The lowest BCUT2D eigenvalue weighted by molar-refractivity contribution is -0.893. The van der Waals surface area contributed by atoms with Crippen LogP contribution in [-0.4, -0.2) is 176 Å². The Balaban J connectivity index is 0. The van der Waals surface area contributed by atoms with E-state index in [4.69, 9.17) is 27.2 Å². The number of aliphatic hydroxyl groups excluding tert-OH is 4. The van der Waals surface area contributed by atoms with E-state index in [0.29, 0.717) is 65.7 Å². The van der Waals surface area contributed by atoms with Crippen molar-refractivity contribution in [2.24, 2.45) is 0 Å². The van der Waals surface area contributed by atoms with Crippen molar-refractivity contribution in [3.63, 3.8) is 0 Å². The number of hydrogen-bond donors (Lipinski definition) is 5. The average molecular weight is 948 g/mol. The maximum absolute atomic E-state index is 10.6. The highest BCUT2D eigenvalue weighted by Crippen LogP contribution is 2.25. The first-order chi connectivity index (χ1) is 28.5. The van der Waals surface area contributed by atoms with Crippen LogP contribution in [0.4, 0.5) is 0 Å². The second kappa shape index (κ2) is 36.5. The lowest BCUT2D eigenvalue weighted by atomic mass is 10.1. The van der Waals surface area contributed by atoms with Crippen LogP contribution in [0.1, 0.15) is 97.8 Å². The van der Waals surface area contributed by atoms with Crippen molar-refractivity contribution in [1.29, 1.82) is 0 Å². The summed E-state index contributed by atoms with van der Waals surface area (Å²) in [6, 6.07) is 4.14. The van der Waals surface area contributed by atoms with Crippen LogP contribution in [-0.2, 0) is 27.2 Å². The Morgan fingerprint density at radius 3 is 1.18 bits per heavy atom. The van der Waals surface area contributed by atoms with Crippen LogP contribution in [0.2, 0.25) is 76.6 Å². The van der Waals surface area contributed by atoms with Crippen LogP contribution in [0.3, 0.4) is 0 Å². The van der Waals surface area contributed by atoms with Crippen molar-refractivity contribution in [2.45, 2.75) is 199 Å². The summed E-state index contributed by atoms with van der Waals surface area (Å²) in [6.07, 6.45) is 9.57. The lowest BCUT2D eigenvalue weighted by Crippen LogP contribution is -2.79. The molecule has 0 spiro atoms. The quantitative estimate of drug-likeness (QED) is 0.0239. The summed E-state index contributed by atoms with van der Waals surface area (Å²) < 4.78 is 37.5. The van der Waals surface area contributed by atoms with Crippen molar-refractivity contribution in [3.05, 3.63) is 0 Å². The van der Waals surface area contributed by atoms with Gasteiger partial charge in [0.15, 0.2) is 33.3 Å². The van der Waals surface area contributed by atoms with E-state index in [1.165, 1.54) is 32.2 Å². The zero-order valence-corrected chi connectivity index (χ0v) is 46.7. The Kier molecular flexibility index (Phi) is 38.0. The fourth-order valence-corrected chi connectivity index (χ4v) is 25.4. The van der Waals surface area contributed by atoms with E-state index in [9.17, 15) is 20.4 Å². The van der Waals surface area contributed by atoms with Crippen LogP contribution >= 0.6 is 0 Å². The van der Waals surface area contributed by atoms with Crippen LogP contribution in [0.5, 0.6) is 0 Å². The Bertz CT molecular complexity index is 1000. The van der Waals surface area contributed by atoms with E-state index >= 15 is 0 Å². The summed E-state index contributed by atoms with van der Waals surface area (Å²) in [5.41, 5.74) is 0. The number of rotatable bonds is 42. The Morgan fingerprint density at radius 1 is 0.475 bits per heavy atom. The average Bonchev–Trinajstić information content (AvgIpc) is 3.15. The van der Waals surface area contributed by atoms with Gasteiger partial charge in [-0.3, -0.25) is 0 Å². The Labute approximate surface area is 381 Å². The number of aliphatic hydroxyl groups is 4. The summed E-state index contributed by atoms with van der Waals surface area (Å²) in [5, 5.41) is 43.3. The van der Waals surface area contributed by atoms with Gasteiger partial charge >= 0.3 is 0 Å². The fraction of sp³-hybridized carbons (Fsp3) is 1.00. The minimum absolute atomic E-state index is 0.317. The monoisotopic (exact) mass is 947 g/mol. The highest BCUT2D eigenvalue weighted by molar-refractivity contribution is 6.85. The molecule has 0 fully saturated rings. The largest absolute Gasteiger partial charge is 0.455 e. The van der Waals surface area contributed by atoms with Gasteiger partial charge in [0.1, 0.15) is 12.6 Å². The molecule has 0 rings (SSSR count). The molecule has 0 aliphatic heterocycles. The molecule has 0 aromatic heterocycles. The summed E-state index contributed by atoms with van der Waals surface area (Å²) in [5.74, 6) is 0. The molecule has 0 heterocycles. The molecule has 0 saturated carbocycles. The van der Waals surface area contributed by atoms with Gasteiger partial charge in [0.25, 0.3) is 0 Å². The first-order valence-corrected chi connectivity index (χ1v) is 37.0. The molecule has 0 aliphatic carbocycles. The third kappa shape index (κ3) is 41.6. The molecule has 0 saturated heterocycles. The van der Waals surface area contributed by atoms with E-state index in [2.05, 4.69) is 78.8 Å². The van der Waals surface area contributed by atoms with Gasteiger partial charge in [-0.2, -0.15) is 0 Å². The standard InChI is InChI=1S/C43H99N2O10Si4.C2H6/c1-13-40(46)36-50-27-19-31-56(5,6)54-57(7,8)32-20-28-51-37-41(47)23-18-24-42(48)38-52-29-21-33-58(9,10)55-59(11,12)34-22-30-53-39-43(49)35-45(3,4)26-17-15-14-16-25-44-2;1-2/h40-44,46-49H,13-39H2,1-12H3;1-2H3/q+1;/p+1. The Morgan fingerprint density at radius 2 is 0.820 bits per heavy atom. The van der Waals surface area contributed by atoms with E-state index < -0.39 is 51.6 Å². The second-order valence-corrected chi connectivity index (χ2v) is 38.1. The molecule has 61 heavy (non-hydrogen) atoms. The number of likely N-dealkylation sites (N-methyl/N-ethyl adjacent to an activating group) is 1. The van der Waals surface area contributed by atoms with E-state index in [1.807, 2.05) is 20.8 Å². The summed E-state index contributed by atoms with van der Waals surface area (Å²) in [7, 11) is -0.742. The normalized spacial score (nSPS) is 15.0. The maximum atomic E-state index is 10.6. The number of quaternary nitrogens is 2. The number of ether oxygens (including phenoxy) is 4. The van der Waals surface area contributed by atoms with Crippen molar-refractivity contribution >= 4 is 33.3 Å². The summed E-state index contributed by atoms with van der Waals surface area (Å²) in [4.78, 5) is 0. The minimum atomic E-state index is -1.85. The van der Waals surface area contributed by atoms with Gasteiger partial charge in [-0.1, -0.05) is 20.8 Å². The second-order valence-electron chi connectivity index (χ2n) is 20.4. The minimum Gasteiger partial charge on any atom is -0.455 e. The first kappa shape index (κ1) is 63.5. The molecule has 0 amide bonds. The number of nitrogens with two attached hydrogens (primary N) is 1. The van der Waals surface area contributed by atoms with Gasteiger partial charge in [-0.05, 0) is 154 Å². The van der Waals surface area contributed by atoms with Crippen molar-refractivity contribution < 1.29 is 57.4 Å². The molecular weight excluding hydrogens is 841 g/mol. The smallest absolute Gasteiger partial charge is 0.173 e. The lowest BCUT2D eigenvalue weighted by Gasteiger charge is -2.34. The molecule has 0 radical (unpaired) electrons. The van der Waals surface area contributed by atoms with E-state index in [0.717, 1.165) is 80.3 Å². The molecule has 370 valence electrons. The maximum Gasteiger partial charge on any atom is 0.173 e. The van der Waals surface area contributed by atoms with Crippen LogP contribution in [0.15, 0.2) is 0 Å². The van der Waals surface area contributed by atoms with Gasteiger partial charge in [-0.25, -0.2) is 0 Å². The zero-order valence-electron chi connectivity index (χ0n) is 42.7. The predicted octanol–water partition coefficient (Wildman–Crippen LogP) is 7.35. The fourth-order valence-electron chi connectivity index (χ4n) is 7.81. The molecule has 0 aliphatic rings. The van der Waals surface area contributed by atoms with Crippen molar-refractivity contribution in [3.8, 4) is 0 Å². The van der Waals surface area contributed by atoms with Crippen LogP contribution in [0, 0.1) is 0 Å². The highest BCUT2D eigenvalue weighted by atomic mass is 28.4. The molecule has 0 aromatic carbocycles. The molecule has 6 N–H and O–H groups in total. The van der Waals surface area contributed by atoms with Gasteiger partial charge in [0.05, 0.1) is 79.0 Å². The summed E-state index contributed by atoms with van der Waals surface area (Å²) >= 11 is 0. The number of nitrogens with zero attached hydrogens (tertiary/aromatic N) is 1. The molecule has 4 unspecified atom stereocenters. The number of unbranched alkanes of at least 4 members (excludes halogenated alkanes) is 3. The zero-order chi connectivity index (χ0) is 46.9. The third-order valence-electron chi connectivity index (χ3n) is 10.9. The van der Waals surface area contributed by atoms with Gasteiger partial charge in [0.2, 0.25) is 0 Å². The molecule has 12 nitrogen and oxygen atoms in total. The molecule has 16 heteroatoms. The van der Waals surface area contributed by atoms with Crippen LogP contribution < -0.4 is 5.32 Å². The number of hydrogen-bond acceptors (Lipinski definition) is 10. The van der Waals surface area contributed by atoms with Gasteiger partial charge in [0, 0.05) is 26.4 Å². The van der Waals surface area contributed by atoms with Crippen molar-refractivity contribution in [1.82, 2.24) is 0 Å². The van der Waals surface area contributed by atoms with Crippen molar-refractivity contribution in [2.75, 3.05) is 93.6 Å². The SMILES string of the molecule is CC.CCC(O)COCCC[Si](C)(C)O[Si](C)(C)CCCOCC(O)CCCC(O)COCCC[Si](C)(C)O[Si](C)(C)CCCOCC(O)C[N+](C)(C)CCCCCC[NH2+]C. The van der Waals surface area contributed by atoms with Gasteiger partial charge in [-0.15, -0.1) is 0 Å². The van der Waals surface area contributed by atoms with Gasteiger partial charge < -0.3 is 57.4 Å². The molecule has 0 aromatic rings. The first-order valence-electron chi connectivity index (χ1n) is 24.6. The third-order valence-corrected chi connectivity index (χ3v) is 25.9. The highest BCUT2D eigenvalue weighted by Gasteiger charge is 2.33. The van der Waals surface area contributed by atoms with E-state index in [1.54, 1.807) is 0 Å². The molecule has 4 atom stereocenters. The molecule has 0 bridgehead atoms. The van der Waals surface area contributed by atoms with Crippen LogP contribution in [0.25, 0.3) is 0 Å². The molecular formula is C45H106N2O10Si4+2. The van der Waals surface area contributed by atoms with E-state index in [-0.39, 0.29) is 6.10 Å². The Hall–Kier alpha value is 0.388. The summed E-state index contributed by atoms with van der Waals surface area (Å²) in [6.45, 7) is 31.3. The predicted molar refractivity (Wildman–Crippen MR) is 266 cm³/mol.